The number of hydrogen-bond acceptors (Lipinski definition) is 5. The van der Waals surface area contributed by atoms with Gasteiger partial charge in [0, 0.05) is 11.4 Å². The van der Waals surface area contributed by atoms with E-state index in [-0.39, 0.29) is 11.2 Å². The van der Waals surface area contributed by atoms with E-state index in [1.807, 2.05) is 49.4 Å². The van der Waals surface area contributed by atoms with Gasteiger partial charge in [-0.15, -0.1) is 11.8 Å². The molecule has 6 heteroatoms. The molecule has 25 heavy (non-hydrogen) atoms. The number of ether oxygens (including phenoxy) is 3. The molecule has 1 N–H and O–H groups in total. The Kier molecular flexibility index (Phi) is 7.01. The minimum atomic E-state index is -0.200. The van der Waals surface area contributed by atoms with Crippen molar-refractivity contribution in [1.29, 1.82) is 0 Å². The van der Waals surface area contributed by atoms with Crippen LogP contribution in [-0.2, 0) is 11.3 Å². The molecule has 2 rings (SSSR count). The fourth-order valence-electron chi connectivity index (χ4n) is 2.24. The molecule has 0 heterocycles. The van der Waals surface area contributed by atoms with Crippen LogP contribution in [0.2, 0.25) is 0 Å². The number of amides is 1. The van der Waals surface area contributed by atoms with Crippen LogP contribution in [0.1, 0.15) is 12.5 Å². The van der Waals surface area contributed by atoms with Crippen molar-refractivity contribution in [2.24, 2.45) is 0 Å². The number of methoxy groups -OCH3 is 3. The van der Waals surface area contributed by atoms with E-state index in [1.165, 1.54) is 11.8 Å². The van der Waals surface area contributed by atoms with Gasteiger partial charge in [-0.1, -0.05) is 6.07 Å². The summed E-state index contributed by atoms with van der Waals surface area (Å²) in [6.07, 6.45) is 0. The minimum absolute atomic E-state index is 0.0180. The topological polar surface area (TPSA) is 56.8 Å². The van der Waals surface area contributed by atoms with Crippen molar-refractivity contribution in [2.75, 3.05) is 21.3 Å². The van der Waals surface area contributed by atoms with Gasteiger partial charge in [-0.05, 0) is 48.9 Å². The van der Waals surface area contributed by atoms with Gasteiger partial charge in [-0.3, -0.25) is 4.79 Å². The first kappa shape index (κ1) is 19.0. The predicted octanol–water partition coefficient (Wildman–Crippen LogP) is 3.51. The molecule has 1 atom stereocenters. The monoisotopic (exact) mass is 361 g/mol. The average molecular weight is 361 g/mol. The summed E-state index contributed by atoms with van der Waals surface area (Å²) in [6, 6.07) is 13.3. The first-order chi connectivity index (χ1) is 12.1. The fraction of sp³-hybridized carbons (Fsp3) is 0.316. The Morgan fingerprint density at radius 3 is 2.28 bits per heavy atom. The number of nitrogens with one attached hydrogen (secondary N) is 1. The number of thioether (sulfide) groups is 1. The molecule has 0 aliphatic rings. The summed E-state index contributed by atoms with van der Waals surface area (Å²) in [4.78, 5) is 13.3. The maximum Gasteiger partial charge on any atom is 0.233 e. The summed E-state index contributed by atoms with van der Waals surface area (Å²) >= 11 is 1.51. The molecule has 0 aliphatic carbocycles. The third-order valence-corrected chi connectivity index (χ3v) is 4.77. The Morgan fingerprint density at radius 1 is 1.00 bits per heavy atom. The van der Waals surface area contributed by atoms with Crippen molar-refractivity contribution in [1.82, 2.24) is 5.32 Å². The molecule has 0 radical (unpaired) electrons. The molecule has 2 aromatic carbocycles. The van der Waals surface area contributed by atoms with E-state index in [2.05, 4.69) is 5.32 Å². The zero-order valence-corrected chi connectivity index (χ0v) is 15.7. The SMILES string of the molecule is COc1ccc(S[C@@H](C)C(=O)NCc2ccc(OC)c(OC)c2)cc1. The van der Waals surface area contributed by atoms with Crippen molar-refractivity contribution in [3.63, 3.8) is 0 Å². The predicted molar refractivity (Wildman–Crippen MR) is 99.7 cm³/mol. The van der Waals surface area contributed by atoms with Crippen molar-refractivity contribution in [3.05, 3.63) is 48.0 Å². The van der Waals surface area contributed by atoms with Gasteiger partial charge in [0.05, 0.1) is 26.6 Å². The van der Waals surface area contributed by atoms with Gasteiger partial charge in [-0.25, -0.2) is 0 Å². The van der Waals surface area contributed by atoms with Gasteiger partial charge in [0.15, 0.2) is 11.5 Å². The Morgan fingerprint density at radius 2 is 1.68 bits per heavy atom. The Balaban J connectivity index is 1.90. The van der Waals surface area contributed by atoms with Crippen molar-refractivity contribution < 1.29 is 19.0 Å². The molecule has 0 saturated heterocycles. The number of carbonyl (C=O) groups excluding carboxylic acids is 1. The zero-order valence-electron chi connectivity index (χ0n) is 14.9. The molecular weight excluding hydrogens is 338 g/mol. The van der Waals surface area contributed by atoms with E-state index < -0.39 is 0 Å². The van der Waals surface area contributed by atoms with Crippen molar-refractivity contribution in [2.45, 2.75) is 23.6 Å². The van der Waals surface area contributed by atoms with Crippen LogP contribution in [0.3, 0.4) is 0 Å². The lowest BCUT2D eigenvalue weighted by Crippen LogP contribution is -2.30. The second-order valence-corrected chi connectivity index (χ2v) is 6.76. The summed E-state index contributed by atoms with van der Waals surface area (Å²) in [5.41, 5.74) is 0.952. The number of benzene rings is 2. The molecule has 0 spiro atoms. The third-order valence-electron chi connectivity index (χ3n) is 3.66. The molecule has 0 unspecified atom stereocenters. The first-order valence-corrected chi connectivity index (χ1v) is 8.74. The molecule has 0 aromatic heterocycles. The quantitative estimate of drug-likeness (QED) is 0.729. The molecule has 0 saturated carbocycles. The highest BCUT2D eigenvalue weighted by atomic mass is 32.2. The van der Waals surface area contributed by atoms with Crippen LogP contribution in [0.4, 0.5) is 0 Å². The Hall–Kier alpha value is -2.34. The lowest BCUT2D eigenvalue weighted by Gasteiger charge is -2.13. The molecule has 5 nitrogen and oxygen atoms in total. The smallest absolute Gasteiger partial charge is 0.233 e. The first-order valence-electron chi connectivity index (χ1n) is 7.86. The summed E-state index contributed by atoms with van der Waals surface area (Å²) in [5.74, 6) is 2.10. The fourth-order valence-corrected chi connectivity index (χ4v) is 3.13. The van der Waals surface area contributed by atoms with E-state index in [0.29, 0.717) is 18.0 Å². The van der Waals surface area contributed by atoms with E-state index in [1.54, 1.807) is 21.3 Å². The van der Waals surface area contributed by atoms with Crippen LogP contribution in [-0.4, -0.2) is 32.5 Å². The highest BCUT2D eigenvalue weighted by molar-refractivity contribution is 8.00. The Labute approximate surface area is 152 Å². The highest BCUT2D eigenvalue weighted by Gasteiger charge is 2.14. The van der Waals surface area contributed by atoms with E-state index in [9.17, 15) is 4.79 Å². The van der Waals surface area contributed by atoms with Crippen LogP contribution in [0.5, 0.6) is 17.2 Å². The van der Waals surface area contributed by atoms with Crippen LogP contribution in [0, 0.1) is 0 Å². The summed E-state index contributed by atoms with van der Waals surface area (Å²) in [6.45, 7) is 2.32. The maximum absolute atomic E-state index is 12.3. The maximum atomic E-state index is 12.3. The highest BCUT2D eigenvalue weighted by Crippen LogP contribution is 2.28. The van der Waals surface area contributed by atoms with Crippen LogP contribution in [0.15, 0.2) is 47.4 Å². The van der Waals surface area contributed by atoms with Crippen LogP contribution in [0.25, 0.3) is 0 Å². The summed E-state index contributed by atoms with van der Waals surface area (Å²) in [7, 11) is 4.82. The number of rotatable bonds is 8. The molecule has 134 valence electrons. The van der Waals surface area contributed by atoms with Crippen LogP contribution >= 0.6 is 11.8 Å². The average Bonchev–Trinajstić information content (AvgIpc) is 2.66. The standard InChI is InChI=1S/C19H23NO4S/c1-13(25-16-8-6-15(22-2)7-9-16)19(21)20-12-14-5-10-17(23-3)18(11-14)24-4/h5-11,13H,12H2,1-4H3,(H,20,21)/t13-/m0/s1. The van der Waals surface area contributed by atoms with Gasteiger partial charge >= 0.3 is 0 Å². The molecule has 1 amide bonds. The lowest BCUT2D eigenvalue weighted by molar-refractivity contribution is -0.120. The number of hydrogen-bond donors (Lipinski definition) is 1. The Bertz CT molecular complexity index is 703. The molecule has 0 bridgehead atoms. The van der Waals surface area contributed by atoms with Gasteiger partial charge in [-0.2, -0.15) is 0 Å². The normalized spacial score (nSPS) is 11.5. The van der Waals surface area contributed by atoms with E-state index in [0.717, 1.165) is 16.2 Å². The zero-order chi connectivity index (χ0) is 18.2. The van der Waals surface area contributed by atoms with E-state index >= 15 is 0 Å². The lowest BCUT2D eigenvalue weighted by atomic mass is 10.2. The molecule has 0 fully saturated rings. The molecular formula is C19H23NO4S. The second kappa shape index (κ2) is 9.22. The minimum Gasteiger partial charge on any atom is -0.497 e. The van der Waals surface area contributed by atoms with Crippen molar-refractivity contribution >= 4 is 17.7 Å². The largest absolute Gasteiger partial charge is 0.497 e. The van der Waals surface area contributed by atoms with Crippen molar-refractivity contribution in [3.8, 4) is 17.2 Å². The van der Waals surface area contributed by atoms with E-state index in [4.69, 9.17) is 14.2 Å². The molecule has 2 aromatic rings. The van der Waals surface area contributed by atoms with Crippen LogP contribution < -0.4 is 19.5 Å². The van der Waals surface area contributed by atoms with Gasteiger partial charge in [0.1, 0.15) is 5.75 Å². The molecule has 0 aliphatic heterocycles. The summed E-state index contributed by atoms with van der Waals surface area (Å²) < 4.78 is 15.6. The summed E-state index contributed by atoms with van der Waals surface area (Å²) in [5, 5.41) is 2.75. The van der Waals surface area contributed by atoms with Gasteiger partial charge in [0.2, 0.25) is 5.91 Å². The van der Waals surface area contributed by atoms with Gasteiger partial charge < -0.3 is 19.5 Å². The third kappa shape index (κ3) is 5.32. The van der Waals surface area contributed by atoms with Gasteiger partial charge in [0.25, 0.3) is 0 Å². The second-order valence-electron chi connectivity index (χ2n) is 5.34. The number of carbonyl (C=O) groups is 1.